The summed E-state index contributed by atoms with van der Waals surface area (Å²) in [6.45, 7) is 4.39. The molecule has 0 fully saturated rings. The first-order valence-electron chi connectivity index (χ1n) is 5.23. The van der Waals surface area contributed by atoms with Gasteiger partial charge in [-0.15, -0.1) is 0 Å². The number of carbonyl (C=O) groups is 1. The molecule has 2 rings (SSSR count). The van der Waals surface area contributed by atoms with Crippen LogP contribution in [0.3, 0.4) is 0 Å². The first-order valence-corrected chi connectivity index (χ1v) is 5.23. The van der Waals surface area contributed by atoms with Crippen molar-refractivity contribution < 1.29 is 9.90 Å². The summed E-state index contributed by atoms with van der Waals surface area (Å²) < 4.78 is 1.95. The van der Waals surface area contributed by atoms with Crippen LogP contribution in [0.5, 0.6) is 0 Å². The van der Waals surface area contributed by atoms with Crippen LogP contribution in [-0.2, 0) is 11.3 Å². The van der Waals surface area contributed by atoms with Crippen molar-refractivity contribution in [2.24, 2.45) is 0 Å². The Kier molecular flexibility index (Phi) is 2.64. The number of aromatic nitrogens is 2. The van der Waals surface area contributed by atoms with E-state index >= 15 is 0 Å². The van der Waals surface area contributed by atoms with E-state index in [2.05, 4.69) is 4.98 Å². The molecule has 4 heteroatoms. The van der Waals surface area contributed by atoms with Gasteiger partial charge in [0.15, 0.2) is 0 Å². The third kappa shape index (κ3) is 1.91. The molecule has 0 aliphatic heterocycles. The number of carboxylic acids is 1. The fraction of sp³-hybridized carbons (Fsp3) is 0.333. The zero-order chi connectivity index (χ0) is 11.7. The molecule has 0 spiro atoms. The van der Waals surface area contributed by atoms with E-state index in [1.165, 1.54) is 0 Å². The summed E-state index contributed by atoms with van der Waals surface area (Å²) in [7, 11) is 0. The van der Waals surface area contributed by atoms with Crippen LogP contribution in [0.15, 0.2) is 18.2 Å². The molecular weight excluding hydrogens is 204 g/mol. The molecule has 0 aliphatic rings. The van der Waals surface area contributed by atoms with E-state index in [-0.39, 0.29) is 6.42 Å². The molecule has 4 nitrogen and oxygen atoms in total. The van der Waals surface area contributed by atoms with Crippen molar-refractivity contribution in [3.63, 3.8) is 0 Å². The second-order valence-electron chi connectivity index (χ2n) is 3.95. The molecule has 0 radical (unpaired) electrons. The summed E-state index contributed by atoms with van der Waals surface area (Å²) in [4.78, 5) is 15.0. The fourth-order valence-electron chi connectivity index (χ4n) is 1.84. The highest BCUT2D eigenvalue weighted by Crippen LogP contribution is 2.17. The lowest BCUT2D eigenvalue weighted by molar-refractivity contribution is -0.137. The molecule has 0 unspecified atom stereocenters. The standard InChI is InChI=1S/C12H14N2O2/c1-8-3-4-10-11(7-8)14(9(2)13-10)6-5-12(15)16/h3-4,7H,5-6H2,1-2H3,(H,15,16). The molecule has 1 heterocycles. The van der Waals surface area contributed by atoms with Crippen LogP contribution in [0.25, 0.3) is 11.0 Å². The highest BCUT2D eigenvalue weighted by Gasteiger charge is 2.08. The predicted molar refractivity (Wildman–Crippen MR) is 61.5 cm³/mol. The molecule has 1 N–H and O–H groups in total. The predicted octanol–water partition coefficient (Wildman–Crippen LogP) is 2.13. The van der Waals surface area contributed by atoms with Gasteiger partial charge in [-0.05, 0) is 31.5 Å². The zero-order valence-corrected chi connectivity index (χ0v) is 9.40. The lowest BCUT2D eigenvalue weighted by Gasteiger charge is -2.04. The Morgan fingerprint density at radius 1 is 1.44 bits per heavy atom. The number of hydrogen-bond acceptors (Lipinski definition) is 2. The van der Waals surface area contributed by atoms with E-state index in [1.807, 2.05) is 36.6 Å². The van der Waals surface area contributed by atoms with Gasteiger partial charge < -0.3 is 9.67 Å². The summed E-state index contributed by atoms with van der Waals surface area (Å²) >= 11 is 0. The van der Waals surface area contributed by atoms with Gasteiger partial charge >= 0.3 is 5.97 Å². The molecule has 16 heavy (non-hydrogen) atoms. The van der Waals surface area contributed by atoms with Gasteiger partial charge in [0.05, 0.1) is 17.5 Å². The Balaban J connectivity index is 2.45. The van der Waals surface area contributed by atoms with Crippen LogP contribution in [0.1, 0.15) is 17.8 Å². The number of aliphatic carboxylic acids is 1. The topological polar surface area (TPSA) is 55.1 Å². The molecule has 0 atom stereocenters. The van der Waals surface area contributed by atoms with Gasteiger partial charge in [0.2, 0.25) is 0 Å². The maximum atomic E-state index is 10.6. The summed E-state index contributed by atoms with van der Waals surface area (Å²) in [5, 5.41) is 8.70. The number of carboxylic acid groups (broad SMARTS) is 1. The van der Waals surface area contributed by atoms with Crippen LogP contribution in [0.4, 0.5) is 0 Å². The Morgan fingerprint density at radius 2 is 2.19 bits per heavy atom. The van der Waals surface area contributed by atoms with Gasteiger partial charge in [-0.25, -0.2) is 4.98 Å². The molecule has 1 aromatic heterocycles. The highest BCUT2D eigenvalue weighted by molar-refractivity contribution is 5.77. The van der Waals surface area contributed by atoms with Gasteiger partial charge in [0, 0.05) is 6.54 Å². The van der Waals surface area contributed by atoms with Gasteiger partial charge in [-0.3, -0.25) is 4.79 Å². The third-order valence-corrected chi connectivity index (χ3v) is 2.64. The average molecular weight is 218 g/mol. The molecule has 0 saturated heterocycles. The fourth-order valence-corrected chi connectivity index (χ4v) is 1.84. The molecule has 0 amide bonds. The minimum absolute atomic E-state index is 0.125. The molecule has 84 valence electrons. The van der Waals surface area contributed by atoms with Crippen LogP contribution in [-0.4, -0.2) is 20.6 Å². The number of hydrogen-bond donors (Lipinski definition) is 1. The normalized spacial score (nSPS) is 10.9. The second kappa shape index (κ2) is 3.96. The van der Waals surface area contributed by atoms with Crippen LogP contribution >= 0.6 is 0 Å². The molecule has 0 aliphatic carbocycles. The first-order chi connectivity index (χ1) is 7.58. The Hall–Kier alpha value is -1.84. The molecule has 1 aromatic carbocycles. The van der Waals surface area contributed by atoms with Gasteiger partial charge in [-0.2, -0.15) is 0 Å². The SMILES string of the molecule is Cc1ccc2nc(C)n(CCC(=O)O)c2c1. The Bertz CT molecular complexity index is 543. The van der Waals surface area contributed by atoms with Crippen molar-refractivity contribution in [2.45, 2.75) is 26.8 Å². The van der Waals surface area contributed by atoms with Gasteiger partial charge in [0.25, 0.3) is 0 Å². The van der Waals surface area contributed by atoms with Gasteiger partial charge in [0.1, 0.15) is 5.82 Å². The largest absolute Gasteiger partial charge is 0.481 e. The number of nitrogens with zero attached hydrogens (tertiary/aromatic N) is 2. The third-order valence-electron chi connectivity index (χ3n) is 2.64. The zero-order valence-electron chi connectivity index (χ0n) is 9.40. The number of benzene rings is 1. The second-order valence-corrected chi connectivity index (χ2v) is 3.95. The van der Waals surface area contributed by atoms with Crippen molar-refractivity contribution in [1.82, 2.24) is 9.55 Å². The van der Waals surface area contributed by atoms with E-state index in [0.717, 1.165) is 22.4 Å². The van der Waals surface area contributed by atoms with Gasteiger partial charge in [-0.1, -0.05) is 6.07 Å². The maximum Gasteiger partial charge on any atom is 0.305 e. The monoisotopic (exact) mass is 218 g/mol. The average Bonchev–Trinajstić information content (AvgIpc) is 2.51. The number of rotatable bonds is 3. The summed E-state index contributed by atoms with van der Waals surface area (Å²) in [6, 6.07) is 6.02. The Morgan fingerprint density at radius 3 is 2.88 bits per heavy atom. The quantitative estimate of drug-likeness (QED) is 0.858. The van der Waals surface area contributed by atoms with E-state index < -0.39 is 5.97 Å². The maximum absolute atomic E-state index is 10.6. The van der Waals surface area contributed by atoms with E-state index in [4.69, 9.17) is 5.11 Å². The molecule has 2 aromatic rings. The van der Waals surface area contributed by atoms with Crippen LogP contribution in [0, 0.1) is 13.8 Å². The molecule has 0 saturated carbocycles. The van der Waals surface area contributed by atoms with E-state index in [9.17, 15) is 4.79 Å². The van der Waals surface area contributed by atoms with E-state index in [0.29, 0.717) is 6.54 Å². The highest BCUT2D eigenvalue weighted by atomic mass is 16.4. The van der Waals surface area contributed by atoms with Crippen molar-refractivity contribution in [1.29, 1.82) is 0 Å². The van der Waals surface area contributed by atoms with Crippen LogP contribution in [0.2, 0.25) is 0 Å². The van der Waals surface area contributed by atoms with Crippen molar-refractivity contribution in [3.05, 3.63) is 29.6 Å². The number of fused-ring (bicyclic) bond motifs is 1. The van der Waals surface area contributed by atoms with Crippen molar-refractivity contribution in [2.75, 3.05) is 0 Å². The summed E-state index contributed by atoms with van der Waals surface area (Å²) in [5.74, 6) is 0.0794. The molecular formula is C12H14N2O2. The minimum Gasteiger partial charge on any atom is -0.481 e. The summed E-state index contributed by atoms with van der Waals surface area (Å²) in [6.07, 6.45) is 0.125. The molecule has 0 bridgehead atoms. The first kappa shape index (κ1) is 10.7. The lowest BCUT2D eigenvalue weighted by Crippen LogP contribution is -2.05. The minimum atomic E-state index is -0.783. The van der Waals surface area contributed by atoms with Crippen molar-refractivity contribution in [3.8, 4) is 0 Å². The lowest BCUT2D eigenvalue weighted by atomic mass is 10.2. The summed E-state index contributed by atoms with van der Waals surface area (Å²) in [5.41, 5.74) is 3.09. The number of aryl methyl sites for hydroxylation is 3. The van der Waals surface area contributed by atoms with E-state index in [1.54, 1.807) is 0 Å². The van der Waals surface area contributed by atoms with Crippen LogP contribution < -0.4 is 0 Å². The smallest absolute Gasteiger partial charge is 0.305 e. The number of imidazole rings is 1. The Labute approximate surface area is 93.5 Å². The van der Waals surface area contributed by atoms with Crippen molar-refractivity contribution >= 4 is 17.0 Å².